The highest BCUT2D eigenvalue weighted by molar-refractivity contribution is 5.62. The van der Waals surface area contributed by atoms with Gasteiger partial charge in [0.1, 0.15) is 5.82 Å². The Morgan fingerprint density at radius 2 is 1.84 bits per heavy atom. The van der Waals surface area contributed by atoms with Crippen molar-refractivity contribution in [2.24, 2.45) is 0 Å². The highest BCUT2D eigenvalue weighted by Crippen LogP contribution is 2.20. The average molecular weight is 256 g/mol. The molecule has 100 valence electrons. The number of rotatable bonds is 4. The Morgan fingerprint density at radius 3 is 2.42 bits per heavy atom. The predicted octanol–water partition coefficient (Wildman–Crippen LogP) is 3.26. The van der Waals surface area contributed by atoms with E-state index in [4.69, 9.17) is 0 Å². The van der Waals surface area contributed by atoms with E-state index in [0.29, 0.717) is 5.56 Å². The number of hydrogen-bond donors (Lipinski definition) is 1. The molecule has 3 heteroatoms. The minimum absolute atomic E-state index is 0.0421. The molecule has 0 aliphatic carbocycles. The summed E-state index contributed by atoms with van der Waals surface area (Å²) in [6, 6.07) is 8.35. The lowest BCUT2D eigenvalue weighted by atomic mass is 10.0. The fourth-order valence-electron chi connectivity index (χ4n) is 2.15. The fourth-order valence-corrected chi connectivity index (χ4v) is 2.15. The first-order valence-electron chi connectivity index (χ1n) is 6.84. The normalized spacial score (nSPS) is 10.7. The lowest BCUT2D eigenvalue weighted by Gasteiger charge is -2.07. The Balaban J connectivity index is 2.46. The molecule has 0 saturated carbocycles. The summed E-state index contributed by atoms with van der Waals surface area (Å²) in [6.07, 6.45) is 2.96. The van der Waals surface area contributed by atoms with Gasteiger partial charge in [-0.05, 0) is 18.9 Å². The summed E-state index contributed by atoms with van der Waals surface area (Å²) < 4.78 is 0. The molecule has 1 aromatic heterocycles. The minimum atomic E-state index is -0.0421. The average Bonchev–Trinajstić information content (AvgIpc) is 2.43. The van der Waals surface area contributed by atoms with Gasteiger partial charge in [0.05, 0.1) is 5.69 Å². The van der Waals surface area contributed by atoms with Gasteiger partial charge < -0.3 is 4.98 Å². The highest BCUT2D eigenvalue weighted by Gasteiger charge is 2.08. The van der Waals surface area contributed by atoms with Crippen LogP contribution in [-0.2, 0) is 12.8 Å². The van der Waals surface area contributed by atoms with E-state index in [0.717, 1.165) is 36.3 Å². The largest absolute Gasteiger partial charge is 0.310 e. The Morgan fingerprint density at radius 1 is 1.16 bits per heavy atom. The number of nitrogens with zero attached hydrogens (tertiary/aromatic N) is 1. The Kier molecular flexibility index (Phi) is 4.15. The van der Waals surface area contributed by atoms with E-state index < -0.39 is 0 Å². The molecule has 0 atom stereocenters. The lowest BCUT2D eigenvalue weighted by Crippen LogP contribution is -2.15. The third kappa shape index (κ3) is 2.92. The zero-order valence-corrected chi connectivity index (χ0v) is 11.8. The second kappa shape index (κ2) is 5.83. The quantitative estimate of drug-likeness (QED) is 0.912. The summed E-state index contributed by atoms with van der Waals surface area (Å²) in [6.45, 7) is 5.98. The van der Waals surface area contributed by atoms with Crippen LogP contribution in [0.4, 0.5) is 0 Å². The molecule has 3 nitrogen and oxygen atoms in total. The van der Waals surface area contributed by atoms with Crippen LogP contribution in [0.15, 0.2) is 29.1 Å². The van der Waals surface area contributed by atoms with Gasteiger partial charge in [0, 0.05) is 17.5 Å². The molecular formula is C16H20N2O. The Hall–Kier alpha value is -1.90. The van der Waals surface area contributed by atoms with E-state index in [9.17, 15) is 4.79 Å². The van der Waals surface area contributed by atoms with Crippen molar-refractivity contribution in [2.45, 2.75) is 40.0 Å². The molecule has 0 amide bonds. The SMILES string of the molecule is CCCc1ccc(-c2nc(CC)[nH]c(=O)c2C)cc1. The van der Waals surface area contributed by atoms with Crippen LogP contribution in [0, 0.1) is 6.92 Å². The Labute approximate surface area is 113 Å². The smallest absolute Gasteiger partial charge is 0.254 e. The summed E-state index contributed by atoms with van der Waals surface area (Å²) in [4.78, 5) is 19.2. The first kappa shape index (κ1) is 13.5. The van der Waals surface area contributed by atoms with Crippen molar-refractivity contribution >= 4 is 0 Å². The zero-order valence-electron chi connectivity index (χ0n) is 11.8. The van der Waals surface area contributed by atoms with Crippen LogP contribution in [0.5, 0.6) is 0 Å². The first-order valence-corrected chi connectivity index (χ1v) is 6.84. The van der Waals surface area contributed by atoms with Crippen LogP contribution in [0.25, 0.3) is 11.3 Å². The molecule has 2 rings (SSSR count). The van der Waals surface area contributed by atoms with Gasteiger partial charge in [0.2, 0.25) is 0 Å². The highest BCUT2D eigenvalue weighted by atomic mass is 16.1. The van der Waals surface area contributed by atoms with E-state index in [1.54, 1.807) is 0 Å². The molecule has 1 N–H and O–H groups in total. The maximum atomic E-state index is 11.9. The zero-order chi connectivity index (χ0) is 13.8. The molecule has 0 unspecified atom stereocenters. The van der Waals surface area contributed by atoms with Gasteiger partial charge in [0.15, 0.2) is 0 Å². The van der Waals surface area contributed by atoms with Crippen molar-refractivity contribution in [3.8, 4) is 11.3 Å². The second-order valence-corrected chi connectivity index (χ2v) is 4.79. The number of aryl methyl sites for hydroxylation is 2. The molecule has 19 heavy (non-hydrogen) atoms. The van der Waals surface area contributed by atoms with Gasteiger partial charge in [-0.1, -0.05) is 44.5 Å². The predicted molar refractivity (Wildman–Crippen MR) is 78.4 cm³/mol. The van der Waals surface area contributed by atoms with Gasteiger partial charge in [-0.3, -0.25) is 4.79 Å². The maximum absolute atomic E-state index is 11.9. The monoisotopic (exact) mass is 256 g/mol. The van der Waals surface area contributed by atoms with E-state index in [1.807, 2.05) is 13.8 Å². The van der Waals surface area contributed by atoms with Crippen LogP contribution in [0.3, 0.4) is 0 Å². The van der Waals surface area contributed by atoms with Crippen LogP contribution < -0.4 is 5.56 Å². The summed E-state index contributed by atoms with van der Waals surface area (Å²) in [5, 5.41) is 0. The summed E-state index contributed by atoms with van der Waals surface area (Å²) in [7, 11) is 0. The van der Waals surface area contributed by atoms with Crippen molar-refractivity contribution in [2.75, 3.05) is 0 Å². The summed E-state index contributed by atoms with van der Waals surface area (Å²) >= 11 is 0. The number of aromatic amines is 1. The molecule has 0 aliphatic heterocycles. The van der Waals surface area contributed by atoms with Gasteiger partial charge in [-0.15, -0.1) is 0 Å². The van der Waals surface area contributed by atoms with Crippen molar-refractivity contribution in [1.29, 1.82) is 0 Å². The second-order valence-electron chi connectivity index (χ2n) is 4.79. The van der Waals surface area contributed by atoms with Crippen molar-refractivity contribution < 1.29 is 0 Å². The molecule has 1 heterocycles. The minimum Gasteiger partial charge on any atom is -0.310 e. The molecule has 0 spiro atoms. The molecule has 0 radical (unpaired) electrons. The van der Waals surface area contributed by atoms with Crippen LogP contribution in [-0.4, -0.2) is 9.97 Å². The summed E-state index contributed by atoms with van der Waals surface area (Å²) in [5.41, 5.74) is 3.77. The first-order chi connectivity index (χ1) is 9.15. The van der Waals surface area contributed by atoms with Gasteiger partial charge in [-0.25, -0.2) is 4.98 Å². The summed E-state index contributed by atoms with van der Waals surface area (Å²) in [5.74, 6) is 0.739. The van der Waals surface area contributed by atoms with Gasteiger partial charge >= 0.3 is 0 Å². The Bertz CT molecular complexity index is 612. The number of H-pyrrole nitrogens is 1. The van der Waals surface area contributed by atoms with Crippen LogP contribution in [0.2, 0.25) is 0 Å². The third-order valence-corrected chi connectivity index (χ3v) is 3.30. The number of nitrogens with one attached hydrogen (secondary N) is 1. The van der Waals surface area contributed by atoms with Crippen LogP contribution in [0.1, 0.15) is 37.2 Å². The standard InChI is InChI=1S/C16H20N2O/c1-4-6-12-7-9-13(10-8-12)15-11(3)16(19)18-14(5-2)17-15/h7-10H,4-6H2,1-3H3,(H,17,18,19). The van der Waals surface area contributed by atoms with E-state index in [1.165, 1.54) is 5.56 Å². The lowest BCUT2D eigenvalue weighted by molar-refractivity contribution is 0.910. The van der Waals surface area contributed by atoms with Crippen molar-refractivity contribution in [1.82, 2.24) is 9.97 Å². The topological polar surface area (TPSA) is 45.8 Å². The van der Waals surface area contributed by atoms with E-state index >= 15 is 0 Å². The molecule has 0 saturated heterocycles. The van der Waals surface area contributed by atoms with Crippen molar-refractivity contribution in [3.05, 3.63) is 51.6 Å². The van der Waals surface area contributed by atoms with E-state index in [-0.39, 0.29) is 5.56 Å². The number of aromatic nitrogens is 2. The molecule has 0 bridgehead atoms. The van der Waals surface area contributed by atoms with E-state index in [2.05, 4.69) is 41.2 Å². The van der Waals surface area contributed by atoms with Crippen molar-refractivity contribution in [3.63, 3.8) is 0 Å². The molecular weight excluding hydrogens is 236 g/mol. The van der Waals surface area contributed by atoms with Gasteiger partial charge in [0.25, 0.3) is 5.56 Å². The third-order valence-electron chi connectivity index (χ3n) is 3.30. The number of benzene rings is 1. The molecule has 0 fully saturated rings. The van der Waals surface area contributed by atoms with Gasteiger partial charge in [-0.2, -0.15) is 0 Å². The molecule has 1 aromatic carbocycles. The molecule has 0 aliphatic rings. The molecule has 2 aromatic rings. The fraction of sp³-hybridized carbons (Fsp3) is 0.375. The van der Waals surface area contributed by atoms with Crippen LogP contribution >= 0.6 is 0 Å². The number of hydrogen-bond acceptors (Lipinski definition) is 2. The maximum Gasteiger partial charge on any atom is 0.254 e.